The summed E-state index contributed by atoms with van der Waals surface area (Å²) >= 11 is 0. The summed E-state index contributed by atoms with van der Waals surface area (Å²) in [5.41, 5.74) is 0. The van der Waals surface area contributed by atoms with Gasteiger partial charge in [0, 0.05) is 19.6 Å². The molecule has 0 heterocycles. The number of carbonyl (C=O) groups is 1. The Morgan fingerprint density at radius 3 is 2.75 bits per heavy atom. The van der Waals surface area contributed by atoms with E-state index in [2.05, 4.69) is 26.1 Å². The van der Waals surface area contributed by atoms with Gasteiger partial charge < -0.3 is 15.2 Å². The van der Waals surface area contributed by atoms with Crippen LogP contribution in [0.4, 0.5) is 0 Å². The summed E-state index contributed by atoms with van der Waals surface area (Å²) in [4.78, 5) is 11.8. The van der Waals surface area contributed by atoms with E-state index in [-0.39, 0.29) is 5.91 Å². The largest absolute Gasteiger partial charge is 0.389 e. The van der Waals surface area contributed by atoms with Gasteiger partial charge in [0.05, 0.1) is 12.7 Å². The normalized spacial score (nSPS) is 24.6. The van der Waals surface area contributed by atoms with Crippen molar-refractivity contribution < 1.29 is 14.6 Å². The number of nitrogens with one attached hydrogen (secondary N) is 1. The summed E-state index contributed by atoms with van der Waals surface area (Å²) in [5.74, 6) is 1.79. The molecule has 1 amide bonds. The van der Waals surface area contributed by atoms with Crippen molar-refractivity contribution >= 4 is 5.91 Å². The average molecular weight is 285 g/mol. The molecule has 0 aromatic carbocycles. The minimum atomic E-state index is -0.608. The molecule has 118 valence electrons. The maximum Gasteiger partial charge on any atom is 0.220 e. The maximum absolute atomic E-state index is 11.8. The molecule has 0 bridgehead atoms. The molecule has 2 N–H and O–H groups in total. The van der Waals surface area contributed by atoms with E-state index in [0.29, 0.717) is 38.0 Å². The third-order valence-electron chi connectivity index (χ3n) is 3.82. The standard InChI is InChI=1S/C16H31NO3/c1-12(2)10-20-11-15(18)9-17-16(19)8-14-6-4-5-13(3)7-14/h12-15,18H,4-11H2,1-3H3,(H,17,19). The maximum atomic E-state index is 11.8. The highest BCUT2D eigenvalue weighted by molar-refractivity contribution is 5.76. The minimum Gasteiger partial charge on any atom is -0.389 e. The van der Waals surface area contributed by atoms with Crippen LogP contribution in [0.15, 0.2) is 0 Å². The van der Waals surface area contributed by atoms with Gasteiger partial charge in [-0.25, -0.2) is 0 Å². The van der Waals surface area contributed by atoms with Crippen LogP contribution >= 0.6 is 0 Å². The number of aliphatic hydroxyl groups is 1. The number of amides is 1. The highest BCUT2D eigenvalue weighted by Gasteiger charge is 2.21. The molecule has 1 fully saturated rings. The molecule has 3 atom stereocenters. The van der Waals surface area contributed by atoms with E-state index < -0.39 is 6.10 Å². The lowest BCUT2D eigenvalue weighted by Gasteiger charge is -2.26. The fraction of sp³-hybridized carbons (Fsp3) is 0.938. The van der Waals surface area contributed by atoms with Crippen LogP contribution in [-0.2, 0) is 9.53 Å². The smallest absolute Gasteiger partial charge is 0.220 e. The van der Waals surface area contributed by atoms with Crippen molar-refractivity contribution in [2.24, 2.45) is 17.8 Å². The van der Waals surface area contributed by atoms with Crippen molar-refractivity contribution in [2.45, 2.75) is 59.0 Å². The molecule has 0 radical (unpaired) electrons. The Balaban J connectivity index is 2.09. The topological polar surface area (TPSA) is 58.6 Å². The first-order valence-electron chi connectivity index (χ1n) is 7.99. The lowest BCUT2D eigenvalue weighted by Crippen LogP contribution is -2.36. The Labute approximate surface area is 123 Å². The van der Waals surface area contributed by atoms with E-state index >= 15 is 0 Å². The third-order valence-corrected chi connectivity index (χ3v) is 3.82. The number of hydrogen-bond acceptors (Lipinski definition) is 3. The van der Waals surface area contributed by atoms with Gasteiger partial charge in [0.2, 0.25) is 5.91 Å². The molecule has 1 aliphatic carbocycles. The Kier molecular flexibility index (Phi) is 8.15. The quantitative estimate of drug-likeness (QED) is 0.720. The predicted octanol–water partition coefficient (Wildman–Crippen LogP) is 2.35. The van der Waals surface area contributed by atoms with Gasteiger partial charge in [0.1, 0.15) is 0 Å². The molecular formula is C16H31NO3. The van der Waals surface area contributed by atoms with Gasteiger partial charge in [-0.05, 0) is 30.6 Å². The van der Waals surface area contributed by atoms with E-state index in [4.69, 9.17) is 4.74 Å². The zero-order chi connectivity index (χ0) is 15.0. The first-order chi connectivity index (χ1) is 9.47. The van der Waals surface area contributed by atoms with E-state index in [1.807, 2.05) is 0 Å². The van der Waals surface area contributed by atoms with Crippen molar-refractivity contribution in [3.63, 3.8) is 0 Å². The summed E-state index contributed by atoms with van der Waals surface area (Å²) < 4.78 is 5.35. The Morgan fingerprint density at radius 2 is 2.10 bits per heavy atom. The highest BCUT2D eigenvalue weighted by Crippen LogP contribution is 2.30. The SMILES string of the molecule is CC(C)COCC(O)CNC(=O)CC1CCCC(C)C1. The van der Waals surface area contributed by atoms with Gasteiger partial charge in [-0.3, -0.25) is 4.79 Å². The van der Waals surface area contributed by atoms with Crippen LogP contribution in [0.1, 0.15) is 52.9 Å². The molecule has 3 unspecified atom stereocenters. The van der Waals surface area contributed by atoms with Gasteiger partial charge in [-0.2, -0.15) is 0 Å². The summed E-state index contributed by atoms with van der Waals surface area (Å²) in [6.07, 6.45) is 4.85. The van der Waals surface area contributed by atoms with Crippen LogP contribution < -0.4 is 5.32 Å². The molecule has 0 aromatic heterocycles. The summed E-state index contributed by atoms with van der Waals surface area (Å²) in [6.45, 7) is 7.63. The Bertz CT molecular complexity index is 281. The fourth-order valence-electron chi connectivity index (χ4n) is 2.81. The predicted molar refractivity (Wildman–Crippen MR) is 80.4 cm³/mol. The van der Waals surface area contributed by atoms with E-state index in [0.717, 1.165) is 18.8 Å². The van der Waals surface area contributed by atoms with Crippen molar-refractivity contribution in [3.8, 4) is 0 Å². The Hall–Kier alpha value is -0.610. The Morgan fingerprint density at radius 1 is 1.35 bits per heavy atom. The molecule has 4 nitrogen and oxygen atoms in total. The van der Waals surface area contributed by atoms with Gasteiger partial charge in [-0.1, -0.05) is 33.6 Å². The number of carbonyl (C=O) groups excluding carboxylic acids is 1. The van der Waals surface area contributed by atoms with Crippen molar-refractivity contribution in [1.82, 2.24) is 5.32 Å². The molecule has 1 aliphatic rings. The summed E-state index contributed by atoms with van der Waals surface area (Å²) in [7, 11) is 0. The average Bonchev–Trinajstić information content (AvgIpc) is 2.36. The molecule has 20 heavy (non-hydrogen) atoms. The molecule has 0 saturated heterocycles. The van der Waals surface area contributed by atoms with E-state index in [1.54, 1.807) is 0 Å². The van der Waals surface area contributed by atoms with Crippen LogP contribution in [-0.4, -0.2) is 36.9 Å². The van der Waals surface area contributed by atoms with E-state index in [1.165, 1.54) is 12.8 Å². The molecule has 4 heteroatoms. The lowest BCUT2D eigenvalue weighted by molar-refractivity contribution is -0.123. The zero-order valence-corrected chi connectivity index (χ0v) is 13.2. The fourth-order valence-corrected chi connectivity index (χ4v) is 2.81. The van der Waals surface area contributed by atoms with Crippen LogP contribution in [0.25, 0.3) is 0 Å². The molecule has 0 aliphatic heterocycles. The van der Waals surface area contributed by atoms with Crippen LogP contribution in [0.5, 0.6) is 0 Å². The number of rotatable bonds is 8. The second-order valence-electron chi connectivity index (χ2n) is 6.73. The van der Waals surface area contributed by atoms with Crippen molar-refractivity contribution in [3.05, 3.63) is 0 Å². The van der Waals surface area contributed by atoms with E-state index in [9.17, 15) is 9.90 Å². The molecular weight excluding hydrogens is 254 g/mol. The summed E-state index contributed by atoms with van der Waals surface area (Å²) in [5, 5.41) is 12.5. The van der Waals surface area contributed by atoms with Gasteiger partial charge in [0.25, 0.3) is 0 Å². The monoisotopic (exact) mass is 285 g/mol. The molecule has 1 saturated carbocycles. The molecule has 0 spiro atoms. The first-order valence-corrected chi connectivity index (χ1v) is 7.99. The van der Waals surface area contributed by atoms with Crippen molar-refractivity contribution in [1.29, 1.82) is 0 Å². The summed E-state index contributed by atoms with van der Waals surface area (Å²) in [6, 6.07) is 0. The number of ether oxygens (including phenoxy) is 1. The first kappa shape index (κ1) is 17.4. The number of aliphatic hydroxyl groups excluding tert-OH is 1. The minimum absolute atomic E-state index is 0.0620. The molecule has 1 rings (SSSR count). The van der Waals surface area contributed by atoms with Gasteiger partial charge >= 0.3 is 0 Å². The van der Waals surface area contributed by atoms with Crippen molar-refractivity contribution in [2.75, 3.05) is 19.8 Å². The molecule has 0 aromatic rings. The van der Waals surface area contributed by atoms with Crippen LogP contribution in [0, 0.1) is 17.8 Å². The third kappa shape index (κ3) is 7.85. The number of hydrogen-bond donors (Lipinski definition) is 2. The second-order valence-corrected chi connectivity index (χ2v) is 6.73. The van der Waals surface area contributed by atoms with Crippen LogP contribution in [0.3, 0.4) is 0 Å². The van der Waals surface area contributed by atoms with Gasteiger partial charge in [-0.15, -0.1) is 0 Å². The lowest BCUT2D eigenvalue weighted by atomic mass is 9.81. The second kappa shape index (κ2) is 9.35. The highest BCUT2D eigenvalue weighted by atomic mass is 16.5. The van der Waals surface area contributed by atoms with Gasteiger partial charge in [0.15, 0.2) is 0 Å². The zero-order valence-electron chi connectivity index (χ0n) is 13.2. The van der Waals surface area contributed by atoms with Crippen LogP contribution in [0.2, 0.25) is 0 Å².